The van der Waals surface area contributed by atoms with Gasteiger partial charge in [-0.25, -0.2) is 0 Å². The van der Waals surface area contributed by atoms with Gasteiger partial charge in [0.05, 0.1) is 18.8 Å². The summed E-state index contributed by atoms with van der Waals surface area (Å²) in [5.74, 6) is 0.675. The van der Waals surface area contributed by atoms with Crippen LogP contribution in [0.5, 0.6) is 0 Å². The quantitative estimate of drug-likeness (QED) is 0.639. The Balaban J connectivity index is 2.59. The van der Waals surface area contributed by atoms with E-state index in [-0.39, 0.29) is 6.61 Å². The fraction of sp³-hybridized carbons (Fsp3) is 0.846. The smallest absolute Gasteiger partial charge is 0.0923 e. The molecule has 94 valence electrons. The van der Waals surface area contributed by atoms with Gasteiger partial charge in [-0.2, -0.15) is 0 Å². The predicted molar refractivity (Wildman–Crippen MR) is 65.9 cm³/mol. The van der Waals surface area contributed by atoms with Crippen LogP contribution >= 0.6 is 0 Å². The highest BCUT2D eigenvalue weighted by molar-refractivity contribution is 5.14. The molecule has 0 aromatic carbocycles. The van der Waals surface area contributed by atoms with Crippen molar-refractivity contribution in [3.05, 3.63) is 11.6 Å². The maximum absolute atomic E-state index is 9.88. The normalized spacial score (nSPS) is 26.1. The lowest BCUT2D eigenvalue weighted by Crippen LogP contribution is -2.40. The van der Waals surface area contributed by atoms with Gasteiger partial charge in [-0.3, -0.25) is 0 Å². The molecule has 0 heterocycles. The molecule has 0 spiro atoms. The molecule has 0 amide bonds. The van der Waals surface area contributed by atoms with E-state index < -0.39 is 12.1 Å². The molecule has 3 nitrogen and oxygen atoms in total. The summed E-state index contributed by atoms with van der Waals surface area (Å²) in [6.07, 6.45) is 4.44. The minimum atomic E-state index is -0.675. The predicted octanol–water partition coefficient (Wildman–Crippen LogP) is 1.44. The van der Waals surface area contributed by atoms with Crippen molar-refractivity contribution in [3.8, 4) is 0 Å². The van der Waals surface area contributed by atoms with Crippen molar-refractivity contribution in [1.82, 2.24) is 0 Å². The number of aliphatic hydroxyl groups excluding tert-OH is 2. The molecule has 0 saturated heterocycles. The van der Waals surface area contributed by atoms with E-state index in [9.17, 15) is 5.11 Å². The largest absolute Gasteiger partial charge is 0.395 e. The fourth-order valence-electron chi connectivity index (χ4n) is 2.28. The first kappa shape index (κ1) is 13.7. The first-order valence-electron chi connectivity index (χ1n) is 6.09. The van der Waals surface area contributed by atoms with E-state index in [2.05, 4.69) is 26.8 Å². The van der Waals surface area contributed by atoms with E-state index >= 15 is 0 Å². The Morgan fingerprint density at radius 3 is 2.50 bits per heavy atom. The first-order chi connectivity index (χ1) is 7.36. The maximum Gasteiger partial charge on any atom is 0.0923 e. The lowest BCUT2D eigenvalue weighted by Gasteiger charge is -2.34. The van der Waals surface area contributed by atoms with Crippen molar-refractivity contribution in [2.75, 3.05) is 6.61 Å². The van der Waals surface area contributed by atoms with Gasteiger partial charge >= 0.3 is 0 Å². The van der Waals surface area contributed by atoms with Crippen LogP contribution in [0.25, 0.3) is 0 Å². The molecule has 0 saturated carbocycles. The van der Waals surface area contributed by atoms with E-state index in [0.717, 1.165) is 24.8 Å². The molecule has 3 heteroatoms. The van der Waals surface area contributed by atoms with Crippen molar-refractivity contribution >= 4 is 0 Å². The molecule has 16 heavy (non-hydrogen) atoms. The molecule has 0 aromatic heterocycles. The molecule has 0 fully saturated rings. The van der Waals surface area contributed by atoms with E-state index in [0.29, 0.717) is 11.3 Å². The fourth-order valence-corrected chi connectivity index (χ4v) is 2.28. The van der Waals surface area contributed by atoms with Gasteiger partial charge < -0.3 is 15.9 Å². The molecule has 0 bridgehead atoms. The zero-order valence-electron chi connectivity index (χ0n) is 10.6. The third-order valence-corrected chi connectivity index (χ3v) is 3.67. The second kappa shape index (κ2) is 5.30. The number of nitrogens with two attached hydrogens (primary N) is 1. The average molecular weight is 227 g/mol. The monoisotopic (exact) mass is 227 g/mol. The summed E-state index contributed by atoms with van der Waals surface area (Å²) < 4.78 is 0. The highest BCUT2D eigenvalue weighted by Crippen LogP contribution is 2.37. The number of hydrogen-bond donors (Lipinski definition) is 3. The summed E-state index contributed by atoms with van der Waals surface area (Å²) in [4.78, 5) is 0. The summed E-state index contributed by atoms with van der Waals surface area (Å²) in [7, 11) is 0. The zero-order valence-corrected chi connectivity index (χ0v) is 10.6. The molecule has 3 atom stereocenters. The molecular formula is C13H25NO2. The number of allylic oxidation sites excluding steroid dienone is 1. The van der Waals surface area contributed by atoms with Crippen LogP contribution in [-0.2, 0) is 0 Å². The van der Waals surface area contributed by atoms with Crippen LogP contribution in [-0.4, -0.2) is 29.0 Å². The van der Waals surface area contributed by atoms with Crippen molar-refractivity contribution in [2.45, 2.75) is 52.2 Å². The van der Waals surface area contributed by atoms with E-state index in [1.165, 1.54) is 0 Å². The van der Waals surface area contributed by atoms with Crippen molar-refractivity contribution < 1.29 is 10.2 Å². The highest BCUT2D eigenvalue weighted by Gasteiger charge is 2.29. The summed E-state index contributed by atoms with van der Waals surface area (Å²) >= 11 is 0. The van der Waals surface area contributed by atoms with Gasteiger partial charge in [0.2, 0.25) is 0 Å². The highest BCUT2D eigenvalue weighted by atomic mass is 16.3. The topological polar surface area (TPSA) is 66.5 Å². The number of rotatable bonds is 3. The van der Waals surface area contributed by atoms with Gasteiger partial charge in [-0.15, -0.1) is 0 Å². The first-order valence-corrected chi connectivity index (χ1v) is 6.09. The minimum absolute atomic E-state index is 0.165. The third kappa shape index (κ3) is 3.30. The van der Waals surface area contributed by atoms with Crippen LogP contribution in [0.2, 0.25) is 0 Å². The summed E-state index contributed by atoms with van der Waals surface area (Å²) in [5.41, 5.74) is 6.95. The van der Waals surface area contributed by atoms with Gasteiger partial charge in [0.15, 0.2) is 0 Å². The van der Waals surface area contributed by atoms with Gasteiger partial charge in [-0.1, -0.05) is 26.8 Å². The lowest BCUT2D eigenvalue weighted by atomic mass is 9.72. The number of aliphatic hydroxyl groups is 2. The lowest BCUT2D eigenvalue weighted by molar-refractivity contribution is 0.125. The van der Waals surface area contributed by atoms with Crippen molar-refractivity contribution in [2.24, 2.45) is 17.1 Å². The Hall–Kier alpha value is -0.380. The molecule has 0 radical (unpaired) electrons. The van der Waals surface area contributed by atoms with Crippen molar-refractivity contribution in [3.63, 3.8) is 0 Å². The third-order valence-electron chi connectivity index (χ3n) is 3.67. The van der Waals surface area contributed by atoms with Gasteiger partial charge in [0.1, 0.15) is 0 Å². The molecule has 0 aromatic rings. The Labute approximate surface area is 98.4 Å². The molecule has 1 rings (SSSR count). The molecular weight excluding hydrogens is 202 g/mol. The molecule has 4 N–H and O–H groups in total. The van der Waals surface area contributed by atoms with Crippen LogP contribution in [0, 0.1) is 11.3 Å². The summed E-state index contributed by atoms with van der Waals surface area (Å²) in [6.45, 7) is 6.60. The van der Waals surface area contributed by atoms with Crippen LogP contribution in [0.4, 0.5) is 0 Å². The maximum atomic E-state index is 9.88. The Bertz CT molecular complexity index is 255. The van der Waals surface area contributed by atoms with Crippen LogP contribution < -0.4 is 5.73 Å². The Morgan fingerprint density at radius 1 is 1.50 bits per heavy atom. The zero-order chi connectivity index (χ0) is 12.3. The summed E-state index contributed by atoms with van der Waals surface area (Å²) in [5, 5.41) is 18.8. The molecule has 1 aliphatic carbocycles. The van der Waals surface area contributed by atoms with Crippen LogP contribution in [0.1, 0.15) is 40.0 Å². The standard InChI is InChI=1S/C13H25NO2/c1-13(2,3)10-6-4-9(5-7-10)12(16)11(14)8-15/h4,10-12,15-16H,5-8,14H2,1-3H3. The Morgan fingerprint density at radius 2 is 2.12 bits per heavy atom. The van der Waals surface area contributed by atoms with Crippen LogP contribution in [0.3, 0.4) is 0 Å². The number of hydrogen-bond acceptors (Lipinski definition) is 3. The van der Waals surface area contributed by atoms with E-state index in [4.69, 9.17) is 10.8 Å². The average Bonchev–Trinajstić information content (AvgIpc) is 2.26. The second-order valence-electron chi connectivity index (χ2n) is 5.91. The van der Waals surface area contributed by atoms with E-state index in [1.807, 2.05) is 0 Å². The van der Waals surface area contributed by atoms with Crippen molar-refractivity contribution in [1.29, 1.82) is 0 Å². The van der Waals surface area contributed by atoms with Gasteiger partial charge in [-0.05, 0) is 36.2 Å². The molecule has 0 aliphatic heterocycles. The second-order valence-corrected chi connectivity index (χ2v) is 5.91. The minimum Gasteiger partial charge on any atom is -0.395 e. The van der Waals surface area contributed by atoms with Gasteiger partial charge in [0, 0.05) is 0 Å². The summed E-state index contributed by atoms with van der Waals surface area (Å²) in [6, 6.07) is -0.544. The Kier molecular flexibility index (Phi) is 4.53. The molecule has 3 unspecified atom stereocenters. The molecule has 1 aliphatic rings. The van der Waals surface area contributed by atoms with E-state index in [1.54, 1.807) is 0 Å². The van der Waals surface area contributed by atoms with Gasteiger partial charge in [0.25, 0.3) is 0 Å². The SMILES string of the molecule is CC(C)(C)C1CC=C(C(O)C(N)CO)CC1. The van der Waals surface area contributed by atoms with Crippen LogP contribution in [0.15, 0.2) is 11.6 Å².